The molecule has 8 heteroatoms. The van der Waals surface area contributed by atoms with Crippen LogP contribution in [0.2, 0.25) is 10.0 Å². The lowest BCUT2D eigenvalue weighted by Crippen LogP contribution is -2.37. The van der Waals surface area contributed by atoms with Gasteiger partial charge in [-0.2, -0.15) is 0 Å². The molecule has 6 nitrogen and oxygen atoms in total. The smallest absolute Gasteiger partial charge is 0.337 e. The minimum atomic E-state index is -1.06. The van der Waals surface area contributed by atoms with Crippen molar-refractivity contribution in [2.45, 2.75) is 6.54 Å². The maximum absolute atomic E-state index is 13.5. The van der Waals surface area contributed by atoms with Gasteiger partial charge in [0, 0.05) is 34.4 Å². The highest BCUT2D eigenvalue weighted by atomic mass is 35.5. The number of carboxylic acids is 1. The van der Waals surface area contributed by atoms with Crippen LogP contribution in [-0.2, 0) is 11.3 Å². The Kier molecular flexibility index (Phi) is 7.18. The van der Waals surface area contributed by atoms with Crippen LogP contribution in [0, 0.1) is 0 Å². The summed E-state index contributed by atoms with van der Waals surface area (Å²) >= 11 is 12.4. The van der Waals surface area contributed by atoms with Crippen LogP contribution in [0.4, 0.5) is 11.4 Å². The van der Waals surface area contributed by atoms with Gasteiger partial charge >= 0.3 is 5.97 Å². The number of carboxylic acid groups (broad SMARTS) is 1. The summed E-state index contributed by atoms with van der Waals surface area (Å²) in [6.07, 6.45) is 0. The topological polar surface area (TPSA) is 70.1 Å². The van der Waals surface area contributed by atoms with Crippen LogP contribution >= 0.6 is 23.2 Å². The van der Waals surface area contributed by atoms with Crippen molar-refractivity contribution in [1.29, 1.82) is 0 Å². The lowest BCUT2D eigenvalue weighted by Gasteiger charge is -2.31. The van der Waals surface area contributed by atoms with Crippen LogP contribution in [0.5, 0.6) is 0 Å². The highest BCUT2D eigenvalue weighted by molar-refractivity contribution is 6.35. The second-order valence-electron chi connectivity index (χ2n) is 7.60. The summed E-state index contributed by atoms with van der Waals surface area (Å²) in [5.41, 5.74) is 2.37. The number of aromatic carboxylic acids is 1. The Hall–Kier alpha value is -3.06. The predicted octanol–water partition coefficient (Wildman–Crippen LogP) is 5.38. The fraction of sp³-hybridized carbons (Fsp3) is 0.200. The summed E-state index contributed by atoms with van der Waals surface area (Å²) in [6.45, 7) is 2.43. The van der Waals surface area contributed by atoms with Crippen LogP contribution in [0.15, 0.2) is 66.7 Å². The van der Waals surface area contributed by atoms with Gasteiger partial charge in [-0.1, -0.05) is 47.5 Å². The molecule has 1 fully saturated rings. The Labute approximate surface area is 201 Å². The number of rotatable bonds is 6. The van der Waals surface area contributed by atoms with E-state index >= 15 is 0 Å². The second kappa shape index (κ2) is 10.3. The number of hydrogen-bond acceptors (Lipinski definition) is 4. The van der Waals surface area contributed by atoms with Crippen molar-refractivity contribution < 1.29 is 19.4 Å². The first-order chi connectivity index (χ1) is 15.9. The number of nitrogens with zero attached hydrogens (tertiary/aromatic N) is 2. The highest BCUT2D eigenvalue weighted by Crippen LogP contribution is 2.31. The molecule has 1 heterocycles. The van der Waals surface area contributed by atoms with Crippen molar-refractivity contribution in [2.75, 3.05) is 36.1 Å². The Balaban J connectivity index is 1.76. The normalized spacial score (nSPS) is 13.6. The average molecular weight is 485 g/mol. The van der Waals surface area contributed by atoms with Gasteiger partial charge in [0.2, 0.25) is 0 Å². The summed E-state index contributed by atoms with van der Waals surface area (Å²) in [5, 5.41) is 10.8. The number of ether oxygens (including phenoxy) is 1. The zero-order valence-corrected chi connectivity index (χ0v) is 19.2. The number of carbonyl (C=O) groups is 2. The van der Waals surface area contributed by atoms with Crippen molar-refractivity contribution in [3.63, 3.8) is 0 Å². The van der Waals surface area contributed by atoms with Gasteiger partial charge in [-0.05, 0) is 48.0 Å². The van der Waals surface area contributed by atoms with Crippen molar-refractivity contribution >= 4 is 46.5 Å². The second-order valence-corrected chi connectivity index (χ2v) is 8.44. The molecule has 0 spiro atoms. The molecular formula is C25H22Cl2N2O4. The van der Waals surface area contributed by atoms with E-state index in [1.807, 2.05) is 11.0 Å². The van der Waals surface area contributed by atoms with E-state index in [4.69, 9.17) is 27.9 Å². The number of carbonyl (C=O) groups excluding carboxylic acids is 1. The lowest BCUT2D eigenvalue weighted by molar-refractivity contribution is 0.0696. The average Bonchev–Trinajstić information content (AvgIpc) is 2.84. The van der Waals surface area contributed by atoms with Gasteiger partial charge in [0.05, 0.1) is 31.0 Å². The molecule has 0 radical (unpaired) electrons. The Morgan fingerprint density at radius 3 is 2.36 bits per heavy atom. The lowest BCUT2D eigenvalue weighted by atomic mass is 10.1. The van der Waals surface area contributed by atoms with Gasteiger partial charge in [-0.3, -0.25) is 4.79 Å². The summed E-state index contributed by atoms with van der Waals surface area (Å²) in [4.78, 5) is 29.1. The molecule has 0 unspecified atom stereocenters. The van der Waals surface area contributed by atoms with Gasteiger partial charge < -0.3 is 19.6 Å². The van der Waals surface area contributed by atoms with E-state index in [9.17, 15) is 14.7 Å². The van der Waals surface area contributed by atoms with Gasteiger partial charge in [0.1, 0.15) is 0 Å². The first kappa shape index (κ1) is 23.1. The number of halogens is 2. The van der Waals surface area contributed by atoms with Crippen molar-refractivity contribution in [2.24, 2.45) is 0 Å². The zero-order chi connectivity index (χ0) is 23.4. The molecule has 0 bridgehead atoms. The molecule has 3 aromatic rings. The molecule has 1 aliphatic heterocycles. The molecule has 0 atom stereocenters. The molecule has 0 aliphatic carbocycles. The molecule has 4 rings (SSSR count). The molecule has 3 aromatic carbocycles. The highest BCUT2D eigenvalue weighted by Gasteiger charge is 2.24. The standard InChI is InChI=1S/C25H22Cl2N2O4/c26-19-7-6-18(22(27)14-19)16-29(24(30)17-4-2-1-3-5-17)20-8-9-23(21(15-20)25(31)32)28-10-12-33-13-11-28/h1-9,14-15H,10-13,16H2,(H,31,32). The monoisotopic (exact) mass is 484 g/mol. The maximum Gasteiger partial charge on any atom is 0.337 e. The number of morpholine rings is 1. The van der Waals surface area contributed by atoms with E-state index in [0.717, 1.165) is 0 Å². The summed E-state index contributed by atoms with van der Waals surface area (Å²) < 4.78 is 5.39. The van der Waals surface area contributed by atoms with Crippen molar-refractivity contribution in [1.82, 2.24) is 0 Å². The number of amides is 1. The van der Waals surface area contributed by atoms with Crippen LogP contribution in [-0.4, -0.2) is 43.3 Å². The minimum Gasteiger partial charge on any atom is -0.478 e. The molecule has 0 aromatic heterocycles. The fourth-order valence-corrected chi connectivity index (χ4v) is 4.25. The third kappa shape index (κ3) is 5.30. The van der Waals surface area contributed by atoms with Crippen molar-refractivity contribution in [3.05, 3.63) is 93.5 Å². The van der Waals surface area contributed by atoms with Gasteiger partial charge in [0.25, 0.3) is 5.91 Å². The first-order valence-corrected chi connectivity index (χ1v) is 11.2. The van der Waals surface area contributed by atoms with E-state index in [2.05, 4.69) is 0 Å². The Morgan fingerprint density at radius 2 is 1.70 bits per heavy atom. The minimum absolute atomic E-state index is 0.127. The maximum atomic E-state index is 13.5. The van der Waals surface area contributed by atoms with Crippen LogP contribution in [0.1, 0.15) is 26.3 Å². The first-order valence-electron chi connectivity index (χ1n) is 10.4. The molecule has 1 saturated heterocycles. The van der Waals surface area contributed by atoms with E-state index in [0.29, 0.717) is 58.9 Å². The molecule has 33 heavy (non-hydrogen) atoms. The van der Waals surface area contributed by atoms with Crippen LogP contribution in [0.25, 0.3) is 0 Å². The quantitative estimate of drug-likeness (QED) is 0.508. The van der Waals surface area contributed by atoms with E-state index in [1.54, 1.807) is 54.6 Å². The summed E-state index contributed by atoms with van der Waals surface area (Å²) in [7, 11) is 0. The fourth-order valence-electron chi connectivity index (χ4n) is 3.78. The number of benzene rings is 3. The zero-order valence-electron chi connectivity index (χ0n) is 17.7. The van der Waals surface area contributed by atoms with Crippen molar-refractivity contribution in [3.8, 4) is 0 Å². The number of anilines is 2. The van der Waals surface area contributed by atoms with Crippen LogP contribution in [0.3, 0.4) is 0 Å². The SMILES string of the molecule is O=C(O)c1cc(N(Cc2ccc(Cl)cc2Cl)C(=O)c2ccccc2)ccc1N1CCOCC1. The van der Waals surface area contributed by atoms with Gasteiger partial charge in [-0.25, -0.2) is 4.79 Å². The van der Waals surface area contributed by atoms with Gasteiger partial charge in [0.15, 0.2) is 0 Å². The Bertz CT molecular complexity index is 1160. The van der Waals surface area contributed by atoms with E-state index in [-0.39, 0.29) is 18.0 Å². The molecule has 1 amide bonds. The van der Waals surface area contributed by atoms with E-state index < -0.39 is 5.97 Å². The van der Waals surface area contributed by atoms with Gasteiger partial charge in [-0.15, -0.1) is 0 Å². The van der Waals surface area contributed by atoms with E-state index in [1.165, 1.54) is 11.0 Å². The largest absolute Gasteiger partial charge is 0.478 e. The molecule has 1 N–H and O–H groups in total. The summed E-state index contributed by atoms with van der Waals surface area (Å²) in [6, 6.07) is 19.0. The predicted molar refractivity (Wildman–Crippen MR) is 130 cm³/mol. The third-order valence-corrected chi connectivity index (χ3v) is 6.07. The molecule has 170 valence electrons. The molecule has 0 saturated carbocycles. The third-order valence-electron chi connectivity index (χ3n) is 5.48. The number of hydrogen-bond donors (Lipinski definition) is 1. The Morgan fingerprint density at radius 1 is 0.970 bits per heavy atom. The molecule has 1 aliphatic rings. The van der Waals surface area contributed by atoms with Crippen LogP contribution < -0.4 is 9.80 Å². The summed E-state index contributed by atoms with van der Waals surface area (Å²) in [5.74, 6) is -1.33. The molecular weight excluding hydrogens is 463 g/mol.